The van der Waals surface area contributed by atoms with Gasteiger partial charge in [-0.15, -0.1) is 0 Å². The van der Waals surface area contributed by atoms with Crippen LogP contribution >= 0.6 is 11.6 Å². The Balaban J connectivity index is 1.74. The average molecular weight is 410 g/mol. The van der Waals surface area contributed by atoms with Gasteiger partial charge in [-0.3, -0.25) is 0 Å². The van der Waals surface area contributed by atoms with Crippen molar-refractivity contribution in [1.29, 1.82) is 0 Å². The number of methoxy groups -OCH3 is 1. The molecular weight excluding hydrogens is 393 g/mol. The summed E-state index contributed by atoms with van der Waals surface area (Å²) in [5, 5.41) is 1.36. The second-order valence-corrected chi connectivity index (χ2v) is 6.81. The smallest absolute Gasteiger partial charge is 0.221 e. The van der Waals surface area contributed by atoms with Crippen LogP contribution in [0.15, 0.2) is 60.7 Å². The number of aromatic nitrogens is 2. The minimum Gasteiger partial charge on any atom is -0.493 e. The summed E-state index contributed by atoms with van der Waals surface area (Å²) in [4.78, 5) is 8.67. The van der Waals surface area contributed by atoms with Crippen molar-refractivity contribution in [3.63, 3.8) is 0 Å². The van der Waals surface area contributed by atoms with Gasteiger partial charge in [0.2, 0.25) is 5.95 Å². The van der Waals surface area contributed by atoms with Gasteiger partial charge >= 0.3 is 0 Å². The number of benzene rings is 3. The maximum atomic E-state index is 13.1. The standard InChI is InChI=1S/C22H17ClFN3O2/c1-28-19-9-4-14(10-20(19)29-12-13-2-6-16(24)7-3-13)21-17-11-15(23)5-8-18(17)26-22(25)27-21/h2-11H,12H2,1H3,(H2,25,26,27). The molecular formula is C22H17ClFN3O2. The lowest BCUT2D eigenvalue weighted by molar-refractivity contribution is 0.284. The van der Waals surface area contributed by atoms with E-state index in [1.807, 2.05) is 12.1 Å². The molecule has 0 unspecified atom stereocenters. The van der Waals surface area contributed by atoms with Gasteiger partial charge in [0.05, 0.1) is 18.3 Å². The molecule has 5 nitrogen and oxygen atoms in total. The molecule has 0 bridgehead atoms. The Bertz CT molecular complexity index is 1180. The lowest BCUT2D eigenvalue weighted by Crippen LogP contribution is -2.00. The molecule has 0 aliphatic rings. The fraction of sp³-hybridized carbons (Fsp3) is 0.0909. The molecule has 7 heteroatoms. The van der Waals surface area contributed by atoms with E-state index >= 15 is 0 Å². The largest absolute Gasteiger partial charge is 0.493 e. The molecule has 3 aromatic carbocycles. The molecule has 0 aliphatic carbocycles. The van der Waals surface area contributed by atoms with Crippen molar-refractivity contribution < 1.29 is 13.9 Å². The maximum absolute atomic E-state index is 13.1. The van der Waals surface area contributed by atoms with Crippen LogP contribution in [-0.2, 0) is 6.61 Å². The minimum absolute atomic E-state index is 0.166. The normalized spacial score (nSPS) is 10.9. The quantitative estimate of drug-likeness (QED) is 0.487. The fourth-order valence-electron chi connectivity index (χ4n) is 3.02. The molecule has 0 saturated heterocycles. The van der Waals surface area contributed by atoms with Crippen molar-refractivity contribution >= 4 is 28.5 Å². The predicted octanol–water partition coefficient (Wildman–Crippen LogP) is 5.26. The Labute approximate surface area is 171 Å². The Morgan fingerprint density at radius 2 is 1.76 bits per heavy atom. The molecule has 29 heavy (non-hydrogen) atoms. The van der Waals surface area contributed by atoms with Crippen molar-refractivity contribution in [2.75, 3.05) is 12.8 Å². The molecule has 2 N–H and O–H groups in total. The molecule has 0 saturated carbocycles. The molecule has 0 radical (unpaired) electrons. The van der Waals surface area contributed by atoms with Gasteiger partial charge in [0.1, 0.15) is 12.4 Å². The van der Waals surface area contributed by atoms with Crippen molar-refractivity contribution in [3.8, 4) is 22.8 Å². The van der Waals surface area contributed by atoms with E-state index in [-0.39, 0.29) is 18.4 Å². The summed E-state index contributed by atoms with van der Waals surface area (Å²) in [5.41, 5.74) is 8.85. The highest BCUT2D eigenvalue weighted by molar-refractivity contribution is 6.31. The topological polar surface area (TPSA) is 70.3 Å². The summed E-state index contributed by atoms with van der Waals surface area (Å²) in [6.45, 7) is 0.262. The Kier molecular flexibility index (Phi) is 5.18. The summed E-state index contributed by atoms with van der Waals surface area (Å²) in [6.07, 6.45) is 0. The second kappa shape index (κ2) is 7.93. The lowest BCUT2D eigenvalue weighted by atomic mass is 10.1. The van der Waals surface area contributed by atoms with E-state index in [4.69, 9.17) is 26.8 Å². The monoisotopic (exact) mass is 409 g/mol. The molecule has 0 aliphatic heterocycles. The van der Waals surface area contributed by atoms with Crippen LogP contribution in [0.1, 0.15) is 5.56 Å². The van der Waals surface area contributed by atoms with E-state index in [0.717, 1.165) is 16.5 Å². The first-order valence-corrected chi connectivity index (χ1v) is 9.20. The summed E-state index contributed by atoms with van der Waals surface area (Å²) in [7, 11) is 1.57. The lowest BCUT2D eigenvalue weighted by Gasteiger charge is -2.13. The molecule has 4 aromatic rings. The molecule has 4 rings (SSSR count). The number of fused-ring (bicyclic) bond motifs is 1. The van der Waals surface area contributed by atoms with Gasteiger partial charge in [0.15, 0.2) is 11.5 Å². The number of hydrogen-bond acceptors (Lipinski definition) is 5. The van der Waals surface area contributed by atoms with Gasteiger partial charge in [0, 0.05) is 16.0 Å². The minimum atomic E-state index is -0.291. The van der Waals surface area contributed by atoms with E-state index in [1.54, 1.807) is 43.5 Å². The molecule has 0 spiro atoms. The Hall–Kier alpha value is -3.38. The van der Waals surface area contributed by atoms with Crippen LogP contribution in [0.25, 0.3) is 22.2 Å². The zero-order valence-electron chi connectivity index (χ0n) is 15.5. The maximum Gasteiger partial charge on any atom is 0.221 e. The van der Waals surface area contributed by atoms with Crippen LogP contribution < -0.4 is 15.2 Å². The van der Waals surface area contributed by atoms with Gasteiger partial charge in [-0.1, -0.05) is 23.7 Å². The zero-order valence-corrected chi connectivity index (χ0v) is 16.3. The van der Waals surface area contributed by atoms with Crippen molar-refractivity contribution in [3.05, 3.63) is 77.1 Å². The van der Waals surface area contributed by atoms with Gasteiger partial charge in [0.25, 0.3) is 0 Å². The average Bonchev–Trinajstić information content (AvgIpc) is 2.73. The SMILES string of the molecule is COc1ccc(-c2nc(N)nc3ccc(Cl)cc23)cc1OCc1ccc(F)cc1. The van der Waals surface area contributed by atoms with Crippen LogP contribution in [0, 0.1) is 5.82 Å². The van der Waals surface area contributed by atoms with Crippen molar-refractivity contribution in [2.45, 2.75) is 6.61 Å². The molecule has 1 aromatic heterocycles. The third kappa shape index (κ3) is 4.07. The number of halogens is 2. The highest BCUT2D eigenvalue weighted by atomic mass is 35.5. The van der Waals surface area contributed by atoms with Crippen LogP contribution in [0.5, 0.6) is 11.5 Å². The first kappa shape index (κ1) is 19.0. The van der Waals surface area contributed by atoms with E-state index in [9.17, 15) is 4.39 Å². The highest BCUT2D eigenvalue weighted by Crippen LogP contribution is 2.35. The van der Waals surface area contributed by atoms with Crippen molar-refractivity contribution in [2.24, 2.45) is 0 Å². The van der Waals surface area contributed by atoms with Crippen LogP contribution in [-0.4, -0.2) is 17.1 Å². The molecule has 0 atom stereocenters. The van der Waals surface area contributed by atoms with E-state index in [0.29, 0.717) is 27.7 Å². The van der Waals surface area contributed by atoms with E-state index < -0.39 is 0 Å². The number of hydrogen-bond donors (Lipinski definition) is 1. The molecule has 146 valence electrons. The van der Waals surface area contributed by atoms with Crippen LogP contribution in [0.2, 0.25) is 5.02 Å². The van der Waals surface area contributed by atoms with E-state index in [2.05, 4.69) is 9.97 Å². The molecule has 1 heterocycles. The second-order valence-electron chi connectivity index (χ2n) is 6.37. The Morgan fingerprint density at radius 3 is 2.52 bits per heavy atom. The number of nitrogens with two attached hydrogens (primary N) is 1. The highest BCUT2D eigenvalue weighted by Gasteiger charge is 2.13. The third-order valence-electron chi connectivity index (χ3n) is 4.42. The van der Waals surface area contributed by atoms with Gasteiger partial charge in [-0.2, -0.15) is 0 Å². The number of nitrogens with zero attached hydrogens (tertiary/aromatic N) is 2. The van der Waals surface area contributed by atoms with Gasteiger partial charge < -0.3 is 15.2 Å². The summed E-state index contributed by atoms with van der Waals surface area (Å²) < 4.78 is 24.4. The molecule has 0 fully saturated rings. The first-order chi connectivity index (χ1) is 14.0. The van der Waals surface area contributed by atoms with Gasteiger partial charge in [-0.05, 0) is 54.1 Å². The van der Waals surface area contributed by atoms with Crippen molar-refractivity contribution in [1.82, 2.24) is 9.97 Å². The number of rotatable bonds is 5. The number of anilines is 1. The zero-order chi connectivity index (χ0) is 20.4. The van der Waals surface area contributed by atoms with Crippen LogP contribution in [0.4, 0.5) is 10.3 Å². The first-order valence-electron chi connectivity index (χ1n) is 8.82. The van der Waals surface area contributed by atoms with Gasteiger partial charge in [-0.25, -0.2) is 14.4 Å². The predicted molar refractivity (Wildman–Crippen MR) is 112 cm³/mol. The Morgan fingerprint density at radius 1 is 0.966 bits per heavy atom. The third-order valence-corrected chi connectivity index (χ3v) is 4.65. The molecule has 0 amide bonds. The summed E-state index contributed by atoms with van der Waals surface area (Å²) in [6, 6.07) is 17.0. The summed E-state index contributed by atoms with van der Waals surface area (Å²) >= 11 is 6.17. The summed E-state index contributed by atoms with van der Waals surface area (Å²) in [5.74, 6) is 0.974. The van der Waals surface area contributed by atoms with E-state index in [1.165, 1.54) is 12.1 Å². The number of nitrogen functional groups attached to an aromatic ring is 1. The fourth-order valence-corrected chi connectivity index (χ4v) is 3.19. The van der Waals surface area contributed by atoms with Crippen LogP contribution in [0.3, 0.4) is 0 Å². The number of ether oxygens (including phenoxy) is 2.